The van der Waals surface area contributed by atoms with Crippen molar-refractivity contribution in [2.75, 3.05) is 12.1 Å². The Morgan fingerprint density at radius 3 is 2.60 bits per heavy atom. The predicted octanol–water partition coefficient (Wildman–Crippen LogP) is 1.67. The maximum absolute atomic E-state index is 12.7. The summed E-state index contributed by atoms with van der Waals surface area (Å²) in [5, 5.41) is 5.87. The number of carbonyl (C=O) groups is 2. The van der Waals surface area contributed by atoms with Gasteiger partial charge in [-0.25, -0.2) is 0 Å². The highest BCUT2D eigenvalue weighted by Gasteiger charge is 2.35. The van der Waals surface area contributed by atoms with E-state index in [1.54, 1.807) is 7.05 Å². The fourth-order valence-corrected chi connectivity index (χ4v) is 2.78. The average molecular weight is 340 g/mol. The Bertz CT molecular complexity index is 813. The van der Waals surface area contributed by atoms with Crippen LogP contribution >= 0.6 is 0 Å². The summed E-state index contributed by atoms with van der Waals surface area (Å²) in [5.74, 6) is 0.717. The van der Waals surface area contributed by atoms with Crippen LogP contribution in [0.1, 0.15) is 17.9 Å². The first-order valence-electron chi connectivity index (χ1n) is 7.97. The SMILES string of the molecule is Cc1ccc(CN(C)C(=O)C2=NN(c3ccccc3)[C@H](C(N)=O)C2)o1. The van der Waals surface area contributed by atoms with Crippen LogP contribution in [0.5, 0.6) is 0 Å². The minimum atomic E-state index is -0.666. The number of primary amides is 1. The van der Waals surface area contributed by atoms with Crippen LogP contribution in [0, 0.1) is 6.92 Å². The van der Waals surface area contributed by atoms with Crippen LogP contribution < -0.4 is 10.7 Å². The molecule has 0 spiro atoms. The molecule has 2 N–H and O–H groups in total. The van der Waals surface area contributed by atoms with E-state index in [1.165, 1.54) is 9.91 Å². The van der Waals surface area contributed by atoms with E-state index in [1.807, 2.05) is 49.4 Å². The molecular weight excluding hydrogens is 320 g/mol. The van der Waals surface area contributed by atoms with Crippen molar-refractivity contribution in [3.05, 3.63) is 54.0 Å². The minimum absolute atomic E-state index is 0.185. The van der Waals surface area contributed by atoms with Gasteiger partial charge in [0.2, 0.25) is 5.91 Å². The molecule has 1 aromatic carbocycles. The molecule has 0 radical (unpaired) electrons. The highest BCUT2D eigenvalue weighted by atomic mass is 16.3. The summed E-state index contributed by atoms with van der Waals surface area (Å²) in [6.07, 6.45) is 0.185. The van der Waals surface area contributed by atoms with Crippen molar-refractivity contribution >= 4 is 23.2 Å². The number of hydrazone groups is 1. The van der Waals surface area contributed by atoms with Gasteiger partial charge < -0.3 is 15.1 Å². The van der Waals surface area contributed by atoms with Gasteiger partial charge in [-0.05, 0) is 31.2 Å². The van der Waals surface area contributed by atoms with Gasteiger partial charge in [-0.1, -0.05) is 18.2 Å². The number of anilines is 1. The Hall–Kier alpha value is -3.09. The number of hydrogen-bond acceptors (Lipinski definition) is 5. The number of para-hydroxylation sites is 1. The van der Waals surface area contributed by atoms with Crippen LogP contribution in [0.3, 0.4) is 0 Å². The van der Waals surface area contributed by atoms with Gasteiger partial charge >= 0.3 is 0 Å². The third-order valence-electron chi connectivity index (χ3n) is 4.04. The quantitative estimate of drug-likeness (QED) is 0.896. The van der Waals surface area contributed by atoms with Gasteiger partial charge in [0.25, 0.3) is 5.91 Å². The molecule has 1 atom stereocenters. The van der Waals surface area contributed by atoms with E-state index >= 15 is 0 Å². The van der Waals surface area contributed by atoms with E-state index in [0.29, 0.717) is 18.0 Å². The number of amides is 2. The Balaban J connectivity index is 1.78. The highest BCUT2D eigenvalue weighted by Crippen LogP contribution is 2.25. The van der Waals surface area contributed by atoms with Crippen LogP contribution in [0.2, 0.25) is 0 Å². The topological polar surface area (TPSA) is 92.1 Å². The van der Waals surface area contributed by atoms with Gasteiger partial charge in [-0.2, -0.15) is 5.10 Å². The maximum atomic E-state index is 12.7. The van der Waals surface area contributed by atoms with Crippen molar-refractivity contribution < 1.29 is 14.0 Å². The number of carbonyl (C=O) groups excluding carboxylic acids is 2. The molecule has 7 heteroatoms. The highest BCUT2D eigenvalue weighted by molar-refractivity contribution is 6.40. The van der Waals surface area contributed by atoms with Gasteiger partial charge in [-0.3, -0.25) is 14.6 Å². The second kappa shape index (κ2) is 6.80. The molecule has 2 heterocycles. The molecule has 1 aliphatic rings. The molecule has 130 valence electrons. The lowest BCUT2D eigenvalue weighted by Gasteiger charge is -2.20. The van der Waals surface area contributed by atoms with Crippen molar-refractivity contribution in [2.45, 2.75) is 25.9 Å². The zero-order valence-electron chi connectivity index (χ0n) is 14.2. The van der Waals surface area contributed by atoms with E-state index in [9.17, 15) is 9.59 Å². The zero-order valence-corrected chi connectivity index (χ0v) is 14.2. The zero-order chi connectivity index (χ0) is 18.0. The van der Waals surface area contributed by atoms with Crippen LogP contribution in [-0.2, 0) is 16.1 Å². The third-order valence-corrected chi connectivity index (χ3v) is 4.04. The van der Waals surface area contributed by atoms with Crippen molar-refractivity contribution in [3.8, 4) is 0 Å². The van der Waals surface area contributed by atoms with Gasteiger partial charge in [0.15, 0.2) is 0 Å². The van der Waals surface area contributed by atoms with Crippen LogP contribution in [0.4, 0.5) is 5.69 Å². The summed E-state index contributed by atoms with van der Waals surface area (Å²) in [6, 6.07) is 12.2. The first-order chi connectivity index (χ1) is 12.0. The largest absolute Gasteiger partial charge is 0.464 e. The lowest BCUT2D eigenvalue weighted by Crippen LogP contribution is -2.40. The van der Waals surface area contributed by atoms with Crippen LogP contribution in [-0.4, -0.2) is 35.5 Å². The Kier molecular flexibility index (Phi) is 4.56. The van der Waals surface area contributed by atoms with Crippen molar-refractivity contribution in [3.63, 3.8) is 0 Å². The molecule has 0 bridgehead atoms. The third kappa shape index (κ3) is 3.55. The maximum Gasteiger partial charge on any atom is 0.270 e. The smallest absolute Gasteiger partial charge is 0.270 e. The van der Waals surface area contributed by atoms with Crippen molar-refractivity contribution in [2.24, 2.45) is 10.8 Å². The first-order valence-corrected chi connectivity index (χ1v) is 7.97. The van der Waals surface area contributed by atoms with E-state index < -0.39 is 11.9 Å². The van der Waals surface area contributed by atoms with E-state index in [2.05, 4.69) is 5.10 Å². The van der Waals surface area contributed by atoms with Crippen LogP contribution in [0.15, 0.2) is 52.0 Å². The minimum Gasteiger partial charge on any atom is -0.464 e. The molecule has 25 heavy (non-hydrogen) atoms. The van der Waals surface area contributed by atoms with Gasteiger partial charge in [0.05, 0.1) is 12.2 Å². The molecule has 0 saturated heterocycles. The second-order valence-electron chi connectivity index (χ2n) is 6.02. The normalized spacial score (nSPS) is 16.6. The van der Waals surface area contributed by atoms with Gasteiger partial charge in [0, 0.05) is 13.5 Å². The summed E-state index contributed by atoms with van der Waals surface area (Å²) in [4.78, 5) is 26.0. The Morgan fingerprint density at radius 1 is 1.28 bits per heavy atom. The standard InChI is InChI=1S/C18H20N4O3/c1-12-8-9-14(25-12)11-21(2)18(24)15-10-16(17(19)23)22(20-15)13-6-4-3-5-7-13/h3-9,16H,10-11H2,1-2H3,(H2,19,23)/t16-/m0/s1. The average Bonchev–Trinajstić information content (AvgIpc) is 3.21. The molecule has 7 nitrogen and oxygen atoms in total. The summed E-state index contributed by atoms with van der Waals surface area (Å²) < 4.78 is 5.50. The monoisotopic (exact) mass is 340 g/mol. The van der Waals surface area contributed by atoms with Crippen molar-refractivity contribution in [1.29, 1.82) is 0 Å². The van der Waals surface area contributed by atoms with Crippen LogP contribution in [0.25, 0.3) is 0 Å². The summed E-state index contributed by atoms with van der Waals surface area (Å²) in [5.41, 5.74) is 6.52. The number of nitrogens with two attached hydrogens (primary N) is 1. The molecule has 3 rings (SSSR count). The number of nitrogens with zero attached hydrogens (tertiary/aromatic N) is 3. The predicted molar refractivity (Wildman–Crippen MR) is 93.9 cm³/mol. The van der Waals surface area contributed by atoms with Gasteiger partial charge in [-0.15, -0.1) is 0 Å². The molecule has 2 amide bonds. The van der Waals surface area contributed by atoms with Crippen molar-refractivity contribution in [1.82, 2.24) is 4.90 Å². The molecule has 0 unspecified atom stereocenters. The Morgan fingerprint density at radius 2 is 2.00 bits per heavy atom. The molecular formula is C18H20N4O3. The number of benzene rings is 1. The number of rotatable bonds is 5. The number of furan rings is 1. The molecule has 0 aliphatic carbocycles. The second-order valence-corrected chi connectivity index (χ2v) is 6.02. The summed E-state index contributed by atoms with van der Waals surface area (Å²) in [6.45, 7) is 2.18. The molecule has 0 saturated carbocycles. The fourth-order valence-electron chi connectivity index (χ4n) is 2.78. The van der Waals surface area contributed by atoms with Gasteiger partial charge in [0.1, 0.15) is 23.3 Å². The first kappa shape index (κ1) is 16.8. The fraction of sp³-hybridized carbons (Fsp3) is 0.278. The molecule has 0 fully saturated rings. The van der Waals surface area contributed by atoms with E-state index in [-0.39, 0.29) is 12.3 Å². The Labute approximate surface area is 145 Å². The molecule has 1 aliphatic heterocycles. The molecule has 2 aromatic rings. The lowest BCUT2D eigenvalue weighted by molar-refractivity contribution is -0.123. The lowest BCUT2D eigenvalue weighted by atomic mass is 10.1. The van der Waals surface area contributed by atoms with E-state index in [0.717, 1.165) is 11.4 Å². The summed E-state index contributed by atoms with van der Waals surface area (Å²) >= 11 is 0. The van der Waals surface area contributed by atoms with E-state index in [4.69, 9.17) is 10.2 Å². The number of hydrogen-bond donors (Lipinski definition) is 1. The molecule has 1 aromatic heterocycles. The summed E-state index contributed by atoms with van der Waals surface area (Å²) in [7, 11) is 1.67. The number of aryl methyl sites for hydroxylation is 1.